The molecule has 0 radical (unpaired) electrons. The molecule has 5 nitrogen and oxygen atoms in total. The summed E-state index contributed by atoms with van der Waals surface area (Å²) < 4.78 is 0. The lowest BCUT2D eigenvalue weighted by Crippen LogP contribution is -2.14. The molecule has 0 fully saturated rings. The third-order valence-corrected chi connectivity index (χ3v) is 5.97. The molecular weight excluding hydrogens is 418 g/mol. The molecule has 160 valence electrons. The molecule has 0 saturated heterocycles. The third kappa shape index (κ3) is 5.28. The molecule has 0 bridgehead atoms. The highest BCUT2D eigenvalue weighted by atomic mass is 32.1. The van der Waals surface area contributed by atoms with Gasteiger partial charge in [0.15, 0.2) is 0 Å². The Hall–Kier alpha value is -3.77. The van der Waals surface area contributed by atoms with Gasteiger partial charge in [0, 0.05) is 16.9 Å². The average Bonchev–Trinajstić information content (AvgIpc) is 3.24. The number of carbonyl (C=O) groups excluding carboxylic acids is 2. The lowest BCUT2D eigenvalue weighted by Gasteiger charge is -2.05. The number of para-hydroxylation sites is 1. The molecule has 0 unspecified atom stereocenters. The van der Waals surface area contributed by atoms with Gasteiger partial charge in [0.1, 0.15) is 9.88 Å². The minimum absolute atomic E-state index is 0.0959. The maximum atomic E-state index is 13.0. The molecule has 1 heterocycles. The summed E-state index contributed by atoms with van der Waals surface area (Å²) in [7, 11) is 0. The van der Waals surface area contributed by atoms with E-state index in [9.17, 15) is 9.59 Å². The summed E-state index contributed by atoms with van der Waals surface area (Å²) in [5, 5.41) is 6.41. The Morgan fingerprint density at radius 1 is 0.812 bits per heavy atom. The number of rotatable bonds is 7. The zero-order valence-electron chi connectivity index (χ0n) is 17.7. The van der Waals surface area contributed by atoms with Crippen molar-refractivity contribution in [2.45, 2.75) is 19.8 Å². The van der Waals surface area contributed by atoms with Crippen molar-refractivity contribution in [3.63, 3.8) is 0 Å². The third-order valence-electron chi connectivity index (χ3n) is 4.91. The van der Waals surface area contributed by atoms with Crippen LogP contribution >= 0.6 is 11.3 Å². The predicted molar refractivity (Wildman–Crippen MR) is 130 cm³/mol. The zero-order chi connectivity index (χ0) is 22.3. The van der Waals surface area contributed by atoms with E-state index in [0.29, 0.717) is 21.3 Å². The zero-order valence-corrected chi connectivity index (χ0v) is 18.5. The van der Waals surface area contributed by atoms with Crippen LogP contribution in [0.4, 0.5) is 11.4 Å². The molecule has 0 aliphatic rings. The monoisotopic (exact) mass is 441 g/mol. The van der Waals surface area contributed by atoms with E-state index in [4.69, 9.17) is 0 Å². The quantitative estimate of drug-likeness (QED) is 0.380. The molecule has 2 amide bonds. The number of thiazole rings is 1. The van der Waals surface area contributed by atoms with E-state index in [-0.39, 0.29) is 18.2 Å². The highest BCUT2D eigenvalue weighted by Crippen LogP contribution is 2.29. The highest BCUT2D eigenvalue weighted by Gasteiger charge is 2.21. The van der Waals surface area contributed by atoms with Crippen LogP contribution in [0.3, 0.4) is 0 Å². The summed E-state index contributed by atoms with van der Waals surface area (Å²) in [6.45, 7) is 2.09. The Kier molecular flexibility index (Phi) is 6.72. The van der Waals surface area contributed by atoms with Crippen LogP contribution in [0.25, 0.3) is 11.3 Å². The van der Waals surface area contributed by atoms with Gasteiger partial charge in [-0.05, 0) is 36.2 Å². The summed E-state index contributed by atoms with van der Waals surface area (Å²) >= 11 is 1.24. The van der Waals surface area contributed by atoms with Gasteiger partial charge in [-0.2, -0.15) is 0 Å². The van der Waals surface area contributed by atoms with Gasteiger partial charge in [0.2, 0.25) is 5.91 Å². The van der Waals surface area contributed by atoms with Gasteiger partial charge < -0.3 is 10.6 Å². The largest absolute Gasteiger partial charge is 0.326 e. The molecule has 1 aromatic heterocycles. The molecule has 6 heteroatoms. The van der Waals surface area contributed by atoms with Gasteiger partial charge in [-0.25, -0.2) is 4.98 Å². The molecule has 0 atom stereocenters. The van der Waals surface area contributed by atoms with Crippen molar-refractivity contribution in [3.8, 4) is 11.3 Å². The van der Waals surface area contributed by atoms with Gasteiger partial charge in [-0.15, -0.1) is 11.3 Å². The molecule has 0 saturated carbocycles. The van der Waals surface area contributed by atoms with E-state index in [0.717, 1.165) is 17.7 Å². The van der Waals surface area contributed by atoms with Crippen molar-refractivity contribution in [2.24, 2.45) is 0 Å². The lowest BCUT2D eigenvalue weighted by atomic mass is 10.1. The van der Waals surface area contributed by atoms with E-state index < -0.39 is 0 Å². The molecule has 0 aliphatic carbocycles. The van der Waals surface area contributed by atoms with Crippen LogP contribution in [0.2, 0.25) is 0 Å². The fourth-order valence-corrected chi connectivity index (χ4v) is 4.24. The maximum Gasteiger partial charge on any atom is 0.268 e. The number of hydrogen-bond donors (Lipinski definition) is 2. The van der Waals surface area contributed by atoms with Crippen LogP contribution in [-0.4, -0.2) is 16.8 Å². The molecule has 0 spiro atoms. The number of benzene rings is 3. The SMILES string of the molecule is CCc1ccc(NC(=O)Cc2nc(-c3ccccc3)c(C(=O)Nc3ccccc3)s2)cc1. The molecule has 4 aromatic rings. The van der Waals surface area contributed by atoms with Crippen molar-refractivity contribution in [1.82, 2.24) is 4.98 Å². The van der Waals surface area contributed by atoms with Crippen LogP contribution in [0.1, 0.15) is 27.2 Å². The molecule has 2 N–H and O–H groups in total. The Balaban J connectivity index is 1.55. The first-order valence-corrected chi connectivity index (χ1v) is 11.2. The fraction of sp³-hybridized carbons (Fsp3) is 0.115. The van der Waals surface area contributed by atoms with Gasteiger partial charge >= 0.3 is 0 Å². The average molecular weight is 442 g/mol. The number of hydrogen-bond acceptors (Lipinski definition) is 4. The number of nitrogens with one attached hydrogen (secondary N) is 2. The number of amides is 2. The molecule has 32 heavy (non-hydrogen) atoms. The minimum Gasteiger partial charge on any atom is -0.326 e. The van der Waals surface area contributed by atoms with E-state index in [2.05, 4.69) is 22.5 Å². The van der Waals surface area contributed by atoms with Crippen molar-refractivity contribution < 1.29 is 9.59 Å². The number of nitrogens with zero attached hydrogens (tertiary/aromatic N) is 1. The topological polar surface area (TPSA) is 71.1 Å². The summed E-state index contributed by atoms with van der Waals surface area (Å²) in [5.74, 6) is -0.410. The van der Waals surface area contributed by atoms with Crippen LogP contribution in [0.15, 0.2) is 84.9 Å². The first kappa shape index (κ1) is 21.5. The first-order valence-electron chi connectivity index (χ1n) is 10.4. The Morgan fingerprint density at radius 2 is 1.44 bits per heavy atom. The van der Waals surface area contributed by atoms with E-state index in [1.165, 1.54) is 16.9 Å². The van der Waals surface area contributed by atoms with Crippen molar-refractivity contribution in [1.29, 1.82) is 0 Å². The summed E-state index contributed by atoms with van der Waals surface area (Å²) in [6, 6.07) is 26.6. The van der Waals surface area contributed by atoms with Crippen LogP contribution in [0, 0.1) is 0 Å². The van der Waals surface area contributed by atoms with Gasteiger partial charge in [-0.3, -0.25) is 9.59 Å². The van der Waals surface area contributed by atoms with Crippen LogP contribution < -0.4 is 10.6 Å². The normalized spacial score (nSPS) is 10.5. The Morgan fingerprint density at radius 3 is 2.09 bits per heavy atom. The summed E-state index contributed by atoms with van der Waals surface area (Å²) in [4.78, 5) is 30.8. The van der Waals surface area contributed by atoms with Crippen molar-refractivity contribution in [3.05, 3.63) is 100 Å². The van der Waals surface area contributed by atoms with Crippen molar-refractivity contribution in [2.75, 3.05) is 10.6 Å². The summed E-state index contributed by atoms with van der Waals surface area (Å²) in [5.41, 5.74) is 4.08. The smallest absolute Gasteiger partial charge is 0.268 e. The van der Waals surface area contributed by atoms with Gasteiger partial charge in [-0.1, -0.05) is 67.6 Å². The number of carbonyl (C=O) groups is 2. The molecule has 3 aromatic carbocycles. The fourth-order valence-electron chi connectivity index (χ4n) is 3.26. The molecule has 4 rings (SSSR count). The van der Waals surface area contributed by atoms with Crippen LogP contribution in [-0.2, 0) is 17.6 Å². The van der Waals surface area contributed by atoms with Gasteiger partial charge in [0.05, 0.1) is 12.1 Å². The van der Waals surface area contributed by atoms with E-state index in [1.54, 1.807) is 0 Å². The second kappa shape index (κ2) is 10.0. The van der Waals surface area contributed by atoms with Crippen LogP contribution in [0.5, 0.6) is 0 Å². The van der Waals surface area contributed by atoms with E-state index in [1.807, 2.05) is 84.9 Å². The minimum atomic E-state index is -0.241. The van der Waals surface area contributed by atoms with Gasteiger partial charge in [0.25, 0.3) is 5.91 Å². The first-order chi connectivity index (χ1) is 15.6. The van der Waals surface area contributed by atoms with Crippen molar-refractivity contribution >= 4 is 34.5 Å². The predicted octanol–water partition coefficient (Wildman–Crippen LogP) is 5.81. The lowest BCUT2D eigenvalue weighted by molar-refractivity contribution is -0.115. The highest BCUT2D eigenvalue weighted by molar-refractivity contribution is 7.14. The number of aryl methyl sites for hydroxylation is 1. The number of aromatic nitrogens is 1. The molecular formula is C26H23N3O2S. The second-order valence-electron chi connectivity index (χ2n) is 7.25. The second-order valence-corrected chi connectivity index (χ2v) is 8.33. The Bertz CT molecular complexity index is 1200. The summed E-state index contributed by atoms with van der Waals surface area (Å²) in [6.07, 6.45) is 1.04. The molecule has 0 aliphatic heterocycles. The standard InChI is InChI=1S/C26H23N3O2S/c1-2-18-13-15-21(16-14-18)27-22(30)17-23-29-24(19-9-5-3-6-10-19)25(32-23)26(31)28-20-11-7-4-8-12-20/h3-16H,2,17H2,1H3,(H,27,30)(H,28,31). The maximum absolute atomic E-state index is 13.0. The van der Waals surface area contributed by atoms with E-state index >= 15 is 0 Å². The Labute approximate surface area is 191 Å². The number of anilines is 2.